The highest BCUT2D eigenvalue weighted by Gasteiger charge is 2.13. The molecule has 1 N–H and O–H groups in total. The van der Waals surface area contributed by atoms with Crippen LogP contribution in [0.15, 0.2) is 71.1 Å². The molecule has 0 aliphatic rings. The van der Waals surface area contributed by atoms with Crippen molar-refractivity contribution in [3.05, 3.63) is 87.9 Å². The van der Waals surface area contributed by atoms with Crippen molar-refractivity contribution in [2.24, 2.45) is 5.10 Å². The second-order valence-corrected chi connectivity index (χ2v) is 7.19. The summed E-state index contributed by atoms with van der Waals surface area (Å²) in [7, 11) is 0. The first-order valence-corrected chi connectivity index (χ1v) is 9.53. The van der Waals surface area contributed by atoms with Crippen LogP contribution in [0.4, 0.5) is 4.39 Å². The lowest BCUT2D eigenvalue weighted by atomic mass is 10.0. The van der Waals surface area contributed by atoms with Gasteiger partial charge in [-0.3, -0.25) is 4.79 Å². The molecule has 0 radical (unpaired) electrons. The van der Waals surface area contributed by atoms with E-state index in [0.29, 0.717) is 16.8 Å². The number of benzene rings is 2. The summed E-state index contributed by atoms with van der Waals surface area (Å²) in [6.07, 6.45) is 1.64. The number of halogens is 1. The molecule has 0 fully saturated rings. The fourth-order valence-electron chi connectivity index (χ4n) is 2.86. The van der Waals surface area contributed by atoms with E-state index in [-0.39, 0.29) is 11.7 Å². The number of amides is 1. The van der Waals surface area contributed by atoms with E-state index in [2.05, 4.69) is 15.5 Å². The Bertz CT molecular complexity index is 1180. The van der Waals surface area contributed by atoms with Gasteiger partial charge in [-0.1, -0.05) is 18.2 Å². The van der Waals surface area contributed by atoms with Gasteiger partial charge in [0.25, 0.3) is 5.91 Å². The van der Waals surface area contributed by atoms with Crippen LogP contribution in [0.25, 0.3) is 22.2 Å². The number of pyridine rings is 1. The van der Waals surface area contributed by atoms with Crippen molar-refractivity contribution in [1.82, 2.24) is 10.4 Å². The van der Waals surface area contributed by atoms with E-state index in [1.165, 1.54) is 12.1 Å². The maximum atomic E-state index is 13.2. The van der Waals surface area contributed by atoms with Crippen LogP contribution in [0.3, 0.4) is 0 Å². The smallest absolute Gasteiger partial charge is 0.267 e. The molecule has 2 aromatic heterocycles. The van der Waals surface area contributed by atoms with Crippen molar-refractivity contribution >= 4 is 34.4 Å². The third-order valence-electron chi connectivity index (χ3n) is 4.35. The highest BCUT2D eigenvalue weighted by Crippen LogP contribution is 2.25. The van der Waals surface area contributed by atoms with Crippen LogP contribution in [-0.4, -0.2) is 17.1 Å². The summed E-state index contributed by atoms with van der Waals surface area (Å²) in [5.41, 5.74) is 6.19. The van der Waals surface area contributed by atoms with Crippen molar-refractivity contribution in [1.29, 1.82) is 0 Å². The van der Waals surface area contributed by atoms with Crippen molar-refractivity contribution in [2.75, 3.05) is 0 Å². The second-order valence-electron chi connectivity index (χ2n) is 6.25. The molecule has 0 spiro atoms. The number of thiophene rings is 1. The van der Waals surface area contributed by atoms with E-state index in [0.717, 1.165) is 21.4 Å². The highest BCUT2D eigenvalue weighted by molar-refractivity contribution is 7.11. The zero-order valence-electron chi connectivity index (χ0n) is 15.0. The summed E-state index contributed by atoms with van der Waals surface area (Å²) >= 11 is 1.56. The molecule has 6 heteroatoms. The molecular weight excluding hydrogens is 373 g/mol. The lowest BCUT2D eigenvalue weighted by Gasteiger charge is -2.09. The molecule has 0 bridgehead atoms. The summed E-state index contributed by atoms with van der Waals surface area (Å²) in [4.78, 5) is 18.4. The molecule has 2 aromatic carbocycles. The molecule has 0 saturated carbocycles. The zero-order chi connectivity index (χ0) is 19.5. The normalized spacial score (nSPS) is 11.2. The molecule has 0 aliphatic heterocycles. The SMILES string of the molecule is Cc1ccsc1C=NNC(=O)c1cc(-c2ccc(F)cc2)nc2ccccc12. The number of aryl methyl sites for hydroxylation is 1. The van der Waals surface area contributed by atoms with Gasteiger partial charge in [0.1, 0.15) is 5.82 Å². The number of fused-ring (bicyclic) bond motifs is 1. The Kier molecular flexibility index (Phi) is 4.95. The van der Waals surface area contributed by atoms with E-state index in [1.807, 2.05) is 42.6 Å². The summed E-state index contributed by atoms with van der Waals surface area (Å²) in [5.74, 6) is -0.645. The van der Waals surface area contributed by atoms with Crippen LogP contribution in [0.1, 0.15) is 20.8 Å². The first-order valence-electron chi connectivity index (χ1n) is 8.65. The molecular formula is C22H16FN3OS. The van der Waals surface area contributed by atoms with Crippen LogP contribution in [0, 0.1) is 12.7 Å². The fraction of sp³-hybridized carbons (Fsp3) is 0.0455. The van der Waals surface area contributed by atoms with Gasteiger partial charge in [-0.05, 0) is 60.3 Å². The summed E-state index contributed by atoms with van der Waals surface area (Å²) in [5, 5.41) is 6.79. The predicted molar refractivity (Wildman–Crippen MR) is 111 cm³/mol. The Morgan fingerprint density at radius 2 is 1.93 bits per heavy atom. The third kappa shape index (κ3) is 3.68. The standard InChI is InChI=1S/C22H16FN3OS/c1-14-10-11-28-21(14)13-24-26-22(27)18-12-20(15-6-8-16(23)9-7-15)25-19-5-3-2-4-17(18)19/h2-13H,1H3,(H,26,27). The Hall–Kier alpha value is -3.38. The number of para-hydroxylation sites is 1. The summed E-state index contributed by atoms with van der Waals surface area (Å²) in [6.45, 7) is 1.99. The molecule has 4 nitrogen and oxygen atoms in total. The monoisotopic (exact) mass is 389 g/mol. The topological polar surface area (TPSA) is 54.4 Å². The minimum atomic E-state index is -0.326. The first kappa shape index (κ1) is 18.0. The maximum absolute atomic E-state index is 13.2. The molecule has 4 aromatic rings. The van der Waals surface area contributed by atoms with Gasteiger partial charge in [0.15, 0.2) is 0 Å². The third-order valence-corrected chi connectivity index (χ3v) is 5.30. The van der Waals surface area contributed by atoms with Gasteiger partial charge < -0.3 is 0 Å². The Labute approximate surface area is 165 Å². The molecule has 138 valence electrons. The van der Waals surface area contributed by atoms with Gasteiger partial charge in [-0.15, -0.1) is 11.3 Å². The molecule has 0 aliphatic carbocycles. The van der Waals surface area contributed by atoms with Crippen LogP contribution in [0.5, 0.6) is 0 Å². The molecule has 2 heterocycles. The number of hydrogen-bond acceptors (Lipinski definition) is 4. The van der Waals surface area contributed by atoms with Crippen LogP contribution in [0.2, 0.25) is 0 Å². The average Bonchev–Trinajstić information content (AvgIpc) is 3.12. The molecule has 1 amide bonds. The van der Waals surface area contributed by atoms with E-state index in [4.69, 9.17) is 0 Å². The number of hydrazone groups is 1. The summed E-state index contributed by atoms with van der Waals surface area (Å²) < 4.78 is 13.2. The molecule has 0 unspecified atom stereocenters. The van der Waals surface area contributed by atoms with Gasteiger partial charge in [0.2, 0.25) is 0 Å². The molecule has 0 saturated heterocycles. The van der Waals surface area contributed by atoms with Crippen LogP contribution in [-0.2, 0) is 0 Å². The van der Waals surface area contributed by atoms with E-state index >= 15 is 0 Å². The van der Waals surface area contributed by atoms with Crippen molar-refractivity contribution in [2.45, 2.75) is 6.92 Å². The largest absolute Gasteiger partial charge is 0.272 e. The summed E-state index contributed by atoms with van der Waals surface area (Å²) in [6, 6.07) is 17.2. The lowest BCUT2D eigenvalue weighted by molar-refractivity contribution is 0.0956. The van der Waals surface area contributed by atoms with Gasteiger partial charge in [0.05, 0.1) is 23.0 Å². The Balaban J connectivity index is 1.70. The van der Waals surface area contributed by atoms with Crippen molar-refractivity contribution < 1.29 is 9.18 Å². The van der Waals surface area contributed by atoms with Crippen molar-refractivity contribution in [3.63, 3.8) is 0 Å². The number of nitrogens with zero attached hydrogens (tertiary/aromatic N) is 2. The number of carbonyl (C=O) groups is 1. The average molecular weight is 389 g/mol. The highest BCUT2D eigenvalue weighted by atomic mass is 32.1. The van der Waals surface area contributed by atoms with E-state index in [1.54, 1.807) is 35.8 Å². The Morgan fingerprint density at radius 1 is 1.14 bits per heavy atom. The quantitative estimate of drug-likeness (QED) is 0.386. The lowest BCUT2D eigenvalue weighted by Crippen LogP contribution is -2.18. The number of hydrogen-bond donors (Lipinski definition) is 1. The van der Waals surface area contributed by atoms with Gasteiger partial charge in [0, 0.05) is 15.8 Å². The maximum Gasteiger partial charge on any atom is 0.272 e. The van der Waals surface area contributed by atoms with E-state index < -0.39 is 0 Å². The predicted octanol–water partition coefficient (Wildman–Crippen LogP) is 5.17. The minimum Gasteiger partial charge on any atom is -0.267 e. The van der Waals surface area contributed by atoms with Gasteiger partial charge in [-0.2, -0.15) is 5.10 Å². The second kappa shape index (κ2) is 7.70. The van der Waals surface area contributed by atoms with Crippen LogP contribution >= 0.6 is 11.3 Å². The first-order chi connectivity index (χ1) is 13.6. The minimum absolute atomic E-state index is 0.319. The van der Waals surface area contributed by atoms with Gasteiger partial charge >= 0.3 is 0 Å². The number of aromatic nitrogens is 1. The Morgan fingerprint density at radius 3 is 2.68 bits per heavy atom. The molecule has 28 heavy (non-hydrogen) atoms. The number of nitrogens with one attached hydrogen (secondary N) is 1. The molecule has 4 rings (SSSR count). The number of rotatable bonds is 4. The zero-order valence-corrected chi connectivity index (χ0v) is 15.8. The fourth-order valence-corrected chi connectivity index (χ4v) is 3.64. The van der Waals surface area contributed by atoms with Crippen LogP contribution < -0.4 is 5.43 Å². The molecule has 0 atom stereocenters. The van der Waals surface area contributed by atoms with Gasteiger partial charge in [-0.25, -0.2) is 14.8 Å². The van der Waals surface area contributed by atoms with Crippen molar-refractivity contribution in [3.8, 4) is 11.3 Å². The van der Waals surface area contributed by atoms with E-state index in [9.17, 15) is 9.18 Å². The number of carbonyl (C=O) groups excluding carboxylic acids is 1.